The van der Waals surface area contributed by atoms with E-state index in [-0.39, 0.29) is 18.1 Å². The van der Waals surface area contributed by atoms with E-state index in [1.54, 1.807) is 7.11 Å². The minimum absolute atomic E-state index is 0.0329. The molecule has 0 aliphatic carbocycles. The van der Waals surface area contributed by atoms with Gasteiger partial charge in [-0.2, -0.15) is 0 Å². The molecule has 1 rings (SSSR count). The van der Waals surface area contributed by atoms with Gasteiger partial charge in [0.25, 0.3) is 5.91 Å². The van der Waals surface area contributed by atoms with Crippen molar-refractivity contribution in [1.29, 1.82) is 0 Å². The first-order valence-electron chi connectivity index (χ1n) is 8.03. The number of benzene rings is 1. The Morgan fingerprint density at radius 3 is 2.52 bits per heavy atom. The molecular formula is C18H30N2O3. The van der Waals surface area contributed by atoms with Crippen LogP contribution in [0.1, 0.15) is 40.2 Å². The van der Waals surface area contributed by atoms with Gasteiger partial charge in [0.05, 0.1) is 7.11 Å². The number of hydrogen-bond acceptors (Lipinski definition) is 4. The highest BCUT2D eigenvalue weighted by atomic mass is 16.5. The molecular weight excluding hydrogens is 292 g/mol. The zero-order chi connectivity index (χ0) is 17.5. The van der Waals surface area contributed by atoms with E-state index in [9.17, 15) is 4.79 Å². The van der Waals surface area contributed by atoms with Crippen molar-refractivity contribution >= 4 is 5.91 Å². The summed E-state index contributed by atoms with van der Waals surface area (Å²) in [4.78, 5) is 12.0. The van der Waals surface area contributed by atoms with Gasteiger partial charge in [-0.3, -0.25) is 4.79 Å². The summed E-state index contributed by atoms with van der Waals surface area (Å²) in [5.74, 6) is 1.68. The summed E-state index contributed by atoms with van der Waals surface area (Å²) in [6.07, 6.45) is 0. The second-order valence-corrected chi connectivity index (χ2v) is 7.06. The molecule has 1 aromatic rings. The van der Waals surface area contributed by atoms with Crippen molar-refractivity contribution in [2.24, 2.45) is 5.92 Å². The molecule has 0 saturated heterocycles. The number of amides is 1. The molecule has 130 valence electrons. The number of nitrogens with one attached hydrogen (secondary N) is 2. The van der Waals surface area contributed by atoms with Crippen LogP contribution in [0, 0.1) is 5.92 Å². The Morgan fingerprint density at radius 1 is 1.26 bits per heavy atom. The van der Waals surface area contributed by atoms with Gasteiger partial charge in [-0.15, -0.1) is 0 Å². The molecule has 0 aromatic heterocycles. The number of carbonyl (C=O) groups is 1. The predicted molar refractivity (Wildman–Crippen MR) is 92.9 cm³/mol. The van der Waals surface area contributed by atoms with Crippen molar-refractivity contribution in [3.63, 3.8) is 0 Å². The van der Waals surface area contributed by atoms with E-state index < -0.39 is 0 Å². The molecule has 0 spiro atoms. The normalized spacial score (nSPS) is 11.4. The first-order valence-corrected chi connectivity index (χ1v) is 8.03. The quantitative estimate of drug-likeness (QED) is 0.772. The molecule has 0 saturated carbocycles. The lowest BCUT2D eigenvalue weighted by molar-refractivity contribution is -0.124. The first-order chi connectivity index (χ1) is 10.7. The number of para-hydroxylation sites is 1. The average Bonchev–Trinajstić information content (AvgIpc) is 2.43. The lowest BCUT2D eigenvalue weighted by Gasteiger charge is -2.21. The third kappa shape index (κ3) is 7.37. The highest BCUT2D eigenvalue weighted by Crippen LogP contribution is 2.31. The van der Waals surface area contributed by atoms with Crippen LogP contribution in [-0.4, -0.2) is 31.7 Å². The number of rotatable bonds is 8. The Labute approximate surface area is 139 Å². The van der Waals surface area contributed by atoms with E-state index in [1.165, 1.54) is 0 Å². The Morgan fingerprint density at radius 2 is 1.96 bits per heavy atom. The highest BCUT2D eigenvalue weighted by molar-refractivity contribution is 5.78. The summed E-state index contributed by atoms with van der Waals surface area (Å²) in [5.41, 5.74) is 0.705. The van der Waals surface area contributed by atoms with Gasteiger partial charge in [0.15, 0.2) is 18.1 Å². The summed E-state index contributed by atoms with van der Waals surface area (Å²) in [6, 6.07) is 5.74. The van der Waals surface area contributed by atoms with Gasteiger partial charge in [0.2, 0.25) is 0 Å². The monoisotopic (exact) mass is 322 g/mol. The summed E-state index contributed by atoms with van der Waals surface area (Å²) >= 11 is 0. The van der Waals surface area contributed by atoms with Crippen LogP contribution in [0.3, 0.4) is 0 Å². The van der Waals surface area contributed by atoms with Crippen LogP contribution in [0.4, 0.5) is 0 Å². The molecule has 1 amide bonds. The van der Waals surface area contributed by atoms with Gasteiger partial charge in [-0.1, -0.05) is 26.0 Å². The van der Waals surface area contributed by atoms with Crippen LogP contribution in [0.25, 0.3) is 0 Å². The Kier molecular flexibility index (Phi) is 7.36. The van der Waals surface area contributed by atoms with Crippen molar-refractivity contribution in [2.75, 3.05) is 20.3 Å². The summed E-state index contributed by atoms with van der Waals surface area (Å²) in [5, 5.41) is 6.27. The molecule has 0 aliphatic rings. The Hall–Kier alpha value is -1.75. The molecule has 2 N–H and O–H groups in total. The van der Waals surface area contributed by atoms with Crippen LogP contribution >= 0.6 is 0 Å². The number of hydrogen-bond donors (Lipinski definition) is 2. The summed E-state index contributed by atoms with van der Waals surface area (Å²) in [7, 11) is 1.60. The maximum atomic E-state index is 12.0. The topological polar surface area (TPSA) is 59.6 Å². The van der Waals surface area contributed by atoms with Crippen molar-refractivity contribution in [3.8, 4) is 11.5 Å². The molecule has 0 aliphatic heterocycles. The molecule has 5 nitrogen and oxygen atoms in total. The van der Waals surface area contributed by atoms with Gasteiger partial charge in [-0.05, 0) is 39.3 Å². The number of methoxy groups -OCH3 is 1. The maximum Gasteiger partial charge on any atom is 0.258 e. The minimum Gasteiger partial charge on any atom is -0.493 e. The fourth-order valence-electron chi connectivity index (χ4n) is 2.11. The molecule has 1 aromatic carbocycles. The van der Waals surface area contributed by atoms with Gasteiger partial charge >= 0.3 is 0 Å². The van der Waals surface area contributed by atoms with Crippen molar-refractivity contribution in [2.45, 2.75) is 46.7 Å². The van der Waals surface area contributed by atoms with Crippen LogP contribution in [0.2, 0.25) is 0 Å². The molecule has 0 atom stereocenters. The smallest absolute Gasteiger partial charge is 0.258 e. The van der Waals surface area contributed by atoms with Crippen molar-refractivity contribution < 1.29 is 14.3 Å². The van der Waals surface area contributed by atoms with Gasteiger partial charge < -0.3 is 20.1 Å². The average molecular weight is 322 g/mol. The molecule has 0 heterocycles. The third-order valence-electron chi connectivity index (χ3n) is 3.01. The van der Waals surface area contributed by atoms with E-state index in [1.807, 2.05) is 39.0 Å². The molecule has 0 bridgehead atoms. The molecule has 23 heavy (non-hydrogen) atoms. The molecule has 0 radical (unpaired) electrons. The van der Waals surface area contributed by atoms with Crippen molar-refractivity contribution in [1.82, 2.24) is 10.6 Å². The van der Waals surface area contributed by atoms with Crippen LogP contribution in [-0.2, 0) is 11.3 Å². The van der Waals surface area contributed by atoms with E-state index in [2.05, 4.69) is 24.5 Å². The lowest BCUT2D eigenvalue weighted by Crippen LogP contribution is -2.43. The summed E-state index contributed by atoms with van der Waals surface area (Å²) in [6.45, 7) is 11.7. The molecule has 0 unspecified atom stereocenters. The van der Waals surface area contributed by atoms with Crippen LogP contribution in [0.5, 0.6) is 11.5 Å². The van der Waals surface area contributed by atoms with E-state index >= 15 is 0 Å². The van der Waals surface area contributed by atoms with E-state index in [0.29, 0.717) is 24.0 Å². The number of ether oxygens (including phenoxy) is 2. The number of carbonyl (C=O) groups excluding carboxylic acids is 1. The maximum absolute atomic E-state index is 12.0. The van der Waals surface area contributed by atoms with Crippen LogP contribution < -0.4 is 20.1 Å². The minimum atomic E-state index is -0.275. The third-order valence-corrected chi connectivity index (χ3v) is 3.01. The Bertz CT molecular complexity index is 507. The van der Waals surface area contributed by atoms with Gasteiger partial charge in [-0.25, -0.2) is 0 Å². The van der Waals surface area contributed by atoms with E-state index in [0.717, 1.165) is 12.1 Å². The van der Waals surface area contributed by atoms with E-state index in [4.69, 9.17) is 9.47 Å². The predicted octanol–water partition coefficient (Wildman–Crippen LogP) is 2.73. The van der Waals surface area contributed by atoms with Gasteiger partial charge in [0, 0.05) is 17.6 Å². The van der Waals surface area contributed by atoms with Gasteiger partial charge in [0.1, 0.15) is 0 Å². The molecule has 0 fully saturated rings. The lowest BCUT2D eigenvalue weighted by atomic mass is 10.1. The zero-order valence-electron chi connectivity index (χ0n) is 15.2. The fraction of sp³-hybridized carbons (Fsp3) is 0.611. The molecule has 5 heteroatoms. The highest BCUT2D eigenvalue weighted by Gasteiger charge is 2.16. The zero-order valence-corrected chi connectivity index (χ0v) is 15.2. The standard InChI is InChI=1S/C18H30N2O3/c1-13(2)10-19-11-14-8-7-9-15(22-6)17(14)23-12-16(21)20-18(3,4)5/h7-9,13,19H,10-12H2,1-6H3,(H,20,21). The largest absolute Gasteiger partial charge is 0.493 e. The second kappa shape index (κ2) is 8.77. The van der Waals surface area contributed by atoms with Crippen LogP contribution in [0.15, 0.2) is 18.2 Å². The first kappa shape index (κ1) is 19.3. The Balaban J connectivity index is 2.76. The van der Waals surface area contributed by atoms with Crippen molar-refractivity contribution in [3.05, 3.63) is 23.8 Å². The summed E-state index contributed by atoms with van der Waals surface area (Å²) < 4.78 is 11.1. The second-order valence-electron chi connectivity index (χ2n) is 7.06. The fourth-order valence-corrected chi connectivity index (χ4v) is 2.11. The SMILES string of the molecule is COc1cccc(CNCC(C)C)c1OCC(=O)NC(C)(C)C.